The van der Waals surface area contributed by atoms with Crippen molar-refractivity contribution >= 4 is 21.3 Å². The summed E-state index contributed by atoms with van der Waals surface area (Å²) in [6, 6.07) is 18.1. The van der Waals surface area contributed by atoms with Crippen molar-refractivity contribution in [2.24, 2.45) is 0 Å². The third-order valence-electron chi connectivity index (χ3n) is 6.96. The topological polar surface area (TPSA) is 137 Å². The Kier molecular flexibility index (Phi) is 15.6. The highest BCUT2D eigenvalue weighted by Gasteiger charge is 2.56. The normalized spacial score (nSPS) is 20.4. The molecule has 2 aromatic carbocycles. The van der Waals surface area contributed by atoms with E-state index in [9.17, 15) is 13.9 Å². The Morgan fingerprint density at radius 3 is 1.64 bits per heavy atom. The fraction of sp³-hybridized carbons (Fsp3) is 0.606. The highest BCUT2D eigenvalue weighted by atomic mass is 31.2. The molecule has 0 aromatic heterocycles. The van der Waals surface area contributed by atoms with E-state index in [1.807, 2.05) is 60.7 Å². The van der Waals surface area contributed by atoms with Crippen LogP contribution in [0.3, 0.4) is 0 Å². The summed E-state index contributed by atoms with van der Waals surface area (Å²) in [6.07, 6.45) is -3.75. The van der Waals surface area contributed by atoms with Crippen LogP contribution in [0, 0.1) is 0 Å². The predicted molar refractivity (Wildman–Crippen MR) is 178 cm³/mol. The van der Waals surface area contributed by atoms with E-state index >= 15 is 0 Å². The Labute approximate surface area is 279 Å². The van der Waals surface area contributed by atoms with Gasteiger partial charge in [0.05, 0.1) is 45.7 Å². The Balaban J connectivity index is 2.07. The number of hydrogen-bond donors (Lipinski definition) is 1. The van der Waals surface area contributed by atoms with E-state index in [1.165, 1.54) is 0 Å². The molecule has 0 spiro atoms. The summed E-state index contributed by atoms with van der Waals surface area (Å²) < 4.78 is 76.4. The molecular weight excluding hydrogens is 648 g/mol. The van der Waals surface area contributed by atoms with Gasteiger partial charge >= 0.3 is 21.3 Å². The lowest BCUT2D eigenvalue weighted by atomic mass is 10.1. The molecule has 1 aliphatic rings. The first kappa shape index (κ1) is 39.3. The number of benzene rings is 2. The monoisotopic (exact) mass is 699 g/mol. The SMILES string of the molecule is CCOP(=O)(OCC)C(C[C@H]1O[C@@H](OCc2ccccc2)[C@H](NC(=O)OC(C)(C)C)[C@H]1OCc1ccccc1)P(=O)(OCC)OCC. The fourth-order valence-electron chi connectivity index (χ4n) is 5.15. The second-order valence-corrected chi connectivity index (χ2v) is 16.6. The second-order valence-electron chi connectivity index (χ2n) is 11.7. The maximum atomic E-state index is 14.4. The highest BCUT2D eigenvalue weighted by Crippen LogP contribution is 2.72. The Morgan fingerprint density at radius 2 is 1.21 bits per heavy atom. The molecule has 4 atom stereocenters. The number of carbonyl (C=O) groups excluding carboxylic acids is 1. The van der Waals surface area contributed by atoms with Crippen molar-refractivity contribution in [1.29, 1.82) is 0 Å². The van der Waals surface area contributed by atoms with Gasteiger partial charge in [-0.2, -0.15) is 0 Å². The van der Waals surface area contributed by atoms with Crippen molar-refractivity contribution in [3.05, 3.63) is 71.8 Å². The van der Waals surface area contributed by atoms with E-state index in [4.69, 9.17) is 37.0 Å². The molecule has 3 rings (SSSR count). The van der Waals surface area contributed by atoms with Gasteiger partial charge in [0.1, 0.15) is 17.7 Å². The summed E-state index contributed by atoms with van der Waals surface area (Å²) in [6.45, 7) is 12.4. The molecule has 0 bridgehead atoms. The summed E-state index contributed by atoms with van der Waals surface area (Å²) in [5, 5.41) is 1.51. The zero-order chi connectivity index (χ0) is 34.5. The molecule has 2 aromatic rings. The van der Waals surface area contributed by atoms with Crippen LogP contribution < -0.4 is 5.32 Å². The number of carbonyl (C=O) groups is 1. The molecule has 0 saturated carbocycles. The first-order valence-corrected chi connectivity index (χ1v) is 19.3. The average Bonchev–Trinajstić information content (AvgIpc) is 3.33. The van der Waals surface area contributed by atoms with Crippen LogP contribution >= 0.6 is 15.2 Å². The van der Waals surface area contributed by atoms with Gasteiger partial charge in [0.15, 0.2) is 11.7 Å². The molecule has 14 heteroatoms. The van der Waals surface area contributed by atoms with E-state index in [0.717, 1.165) is 11.1 Å². The predicted octanol–water partition coefficient (Wildman–Crippen LogP) is 7.66. The number of amides is 1. The fourth-order valence-corrected chi connectivity index (χ4v) is 10.5. The van der Waals surface area contributed by atoms with Crippen LogP contribution in [0.5, 0.6) is 0 Å². The Hall–Kier alpha value is -2.11. The molecule has 0 unspecified atom stereocenters. The van der Waals surface area contributed by atoms with Gasteiger partial charge in [0.25, 0.3) is 0 Å². The molecule has 1 aliphatic heterocycles. The van der Waals surface area contributed by atoms with Crippen molar-refractivity contribution < 1.29 is 51.0 Å². The van der Waals surface area contributed by atoms with E-state index in [2.05, 4.69) is 5.32 Å². The van der Waals surface area contributed by atoms with Crippen LogP contribution in [0.15, 0.2) is 60.7 Å². The van der Waals surface area contributed by atoms with Crippen molar-refractivity contribution in [2.45, 2.75) is 104 Å². The highest BCUT2D eigenvalue weighted by molar-refractivity contribution is 7.72. The lowest BCUT2D eigenvalue weighted by molar-refractivity contribution is -0.150. The minimum atomic E-state index is -4.13. The van der Waals surface area contributed by atoms with Crippen molar-refractivity contribution in [1.82, 2.24) is 5.32 Å². The maximum Gasteiger partial charge on any atom is 0.408 e. The third kappa shape index (κ3) is 11.8. The van der Waals surface area contributed by atoms with Gasteiger partial charge in [-0.25, -0.2) is 4.79 Å². The van der Waals surface area contributed by atoms with E-state index < -0.39 is 56.8 Å². The molecule has 12 nitrogen and oxygen atoms in total. The van der Waals surface area contributed by atoms with E-state index in [0.29, 0.717) is 0 Å². The van der Waals surface area contributed by atoms with Gasteiger partial charge in [-0.05, 0) is 59.6 Å². The molecule has 1 heterocycles. The minimum Gasteiger partial charge on any atom is -0.444 e. The maximum absolute atomic E-state index is 14.4. The quantitative estimate of drug-likeness (QED) is 0.145. The van der Waals surface area contributed by atoms with Crippen LogP contribution in [0.1, 0.15) is 66.0 Å². The number of nitrogens with one attached hydrogen (secondary N) is 1. The summed E-state index contributed by atoms with van der Waals surface area (Å²) in [5.41, 5.74) is 0.971. The lowest BCUT2D eigenvalue weighted by Crippen LogP contribution is -2.50. The summed E-state index contributed by atoms with van der Waals surface area (Å²) >= 11 is 0. The van der Waals surface area contributed by atoms with Gasteiger partial charge in [-0.15, -0.1) is 0 Å². The first-order chi connectivity index (χ1) is 22.4. The lowest BCUT2D eigenvalue weighted by Gasteiger charge is -2.33. The summed E-state index contributed by atoms with van der Waals surface area (Å²) in [4.78, 5) is 13.2. The van der Waals surface area contributed by atoms with Crippen molar-refractivity contribution in [3.8, 4) is 0 Å². The van der Waals surface area contributed by atoms with Crippen molar-refractivity contribution in [2.75, 3.05) is 26.4 Å². The number of ether oxygens (including phenoxy) is 4. The standard InChI is InChI=1S/C33H51NO11P2/c1-8-40-46(36,41-9-2)28(47(37,42-10-3)43-11-4)22-27-30(38-23-25-18-14-12-15-19-25)29(34-32(35)45-33(5,6)7)31(44-27)39-24-26-20-16-13-17-21-26/h12-21,27-31H,8-11,22-24H2,1-7H3,(H,34,35)/t27-,29-,30+,31-/m1/s1. The van der Waals surface area contributed by atoms with Gasteiger partial charge in [0.2, 0.25) is 0 Å². The van der Waals surface area contributed by atoms with Crippen LogP contribution in [-0.4, -0.2) is 68.1 Å². The molecule has 264 valence electrons. The van der Waals surface area contributed by atoms with E-state index in [-0.39, 0.29) is 46.1 Å². The van der Waals surface area contributed by atoms with Crippen LogP contribution in [-0.2, 0) is 59.4 Å². The Morgan fingerprint density at radius 1 is 0.766 bits per heavy atom. The molecule has 1 saturated heterocycles. The average molecular weight is 700 g/mol. The van der Waals surface area contributed by atoms with Gasteiger partial charge in [0, 0.05) is 6.42 Å². The largest absolute Gasteiger partial charge is 0.444 e. The number of rotatable bonds is 19. The number of hydrogen-bond acceptors (Lipinski definition) is 11. The second kappa shape index (κ2) is 18.6. The molecule has 47 heavy (non-hydrogen) atoms. The van der Waals surface area contributed by atoms with Crippen LogP contribution in [0.4, 0.5) is 4.79 Å². The third-order valence-corrected chi connectivity index (χ3v) is 13.0. The van der Waals surface area contributed by atoms with Crippen molar-refractivity contribution in [3.63, 3.8) is 0 Å². The molecule has 1 N–H and O–H groups in total. The zero-order valence-corrected chi connectivity index (χ0v) is 30.3. The molecule has 1 amide bonds. The van der Waals surface area contributed by atoms with Gasteiger partial charge < -0.3 is 42.4 Å². The first-order valence-electron chi connectivity index (χ1n) is 16.1. The molecule has 0 aliphatic carbocycles. The van der Waals surface area contributed by atoms with Gasteiger partial charge in [-0.1, -0.05) is 60.7 Å². The molecular formula is C33H51NO11P2. The summed E-state index contributed by atoms with van der Waals surface area (Å²) in [7, 11) is -8.25. The zero-order valence-electron chi connectivity index (χ0n) is 28.5. The van der Waals surface area contributed by atoms with E-state index in [1.54, 1.807) is 48.5 Å². The van der Waals surface area contributed by atoms with Crippen LogP contribution in [0.25, 0.3) is 0 Å². The smallest absolute Gasteiger partial charge is 0.408 e. The van der Waals surface area contributed by atoms with Crippen LogP contribution in [0.2, 0.25) is 0 Å². The van der Waals surface area contributed by atoms with Gasteiger partial charge in [-0.3, -0.25) is 9.13 Å². The minimum absolute atomic E-state index is 0.0249. The molecule has 1 fully saturated rings. The Bertz CT molecular complexity index is 1260. The number of alkyl carbamates (subject to hydrolysis) is 1. The molecule has 0 radical (unpaired) electrons. The summed E-state index contributed by atoms with van der Waals surface area (Å²) in [5.74, 6) is 0.